The third kappa shape index (κ3) is 3.34. The number of rotatable bonds is 4. The Labute approximate surface area is 109 Å². The summed E-state index contributed by atoms with van der Waals surface area (Å²) < 4.78 is 6.00. The molecule has 1 aliphatic carbocycles. The molecule has 0 saturated heterocycles. The SMILES string of the molecule is CCCc1nc(N)cc(OC2CCCCC2C)n1. The molecule has 1 aromatic heterocycles. The quantitative estimate of drug-likeness (QED) is 0.891. The molecule has 0 spiro atoms. The van der Waals surface area contributed by atoms with Crippen LogP contribution in [0, 0.1) is 5.92 Å². The van der Waals surface area contributed by atoms with Crippen molar-refractivity contribution in [1.82, 2.24) is 9.97 Å². The Morgan fingerprint density at radius 2 is 2.11 bits per heavy atom. The van der Waals surface area contributed by atoms with E-state index in [1.54, 1.807) is 6.07 Å². The fourth-order valence-corrected chi connectivity index (χ4v) is 2.50. The minimum absolute atomic E-state index is 0.280. The standard InChI is InChI=1S/C14H23N3O/c1-3-6-13-16-12(15)9-14(17-13)18-11-8-5-4-7-10(11)2/h9-11H,3-8H2,1-2H3,(H2,15,16,17). The molecular weight excluding hydrogens is 226 g/mol. The first-order chi connectivity index (χ1) is 8.69. The minimum atomic E-state index is 0.280. The van der Waals surface area contributed by atoms with E-state index in [0.717, 1.165) is 25.1 Å². The molecule has 1 saturated carbocycles. The molecule has 1 heterocycles. The maximum Gasteiger partial charge on any atom is 0.219 e. The summed E-state index contributed by atoms with van der Waals surface area (Å²) in [4.78, 5) is 8.66. The molecule has 0 amide bonds. The molecule has 0 radical (unpaired) electrons. The Morgan fingerprint density at radius 1 is 1.33 bits per heavy atom. The van der Waals surface area contributed by atoms with Crippen LogP contribution < -0.4 is 10.5 Å². The first kappa shape index (κ1) is 13.1. The van der Waals surface area contributed by atoms with Gasteiger partial charge in [-0.2, -0.15) is 4.98 Å². The first-order valence-corrected chi connectivity index (χ1v) is 6.99. The van der Waals surface area contributed by atoms with Crippen molar-refractivity contribution in [2.24, 2.45) is 5.92 Å². The largest absolute Gasteiger partial charge is 0.474 e. The van der Waals surface area contributed by atoms with E-state index in [1.165, 1.54) is 19.3 Å². The second-order valence-corrected chi connectivity index (χ2v) is 5.22. The molecule has 100 valence electrons. The lowest BCUT2D eigenvalue weighted by Crippen LogP contribution is -2.28. The molecule has 18 heavy (non-hydrogen) atoms. The second-order valence-electron chi connectivity index (χ2n) is 5.22. The molecule has 0 aromatic carbocycles. The maximum atomic E-state index is 6.00. The number of anilines is 1. The molecule has 2 N–H and O–H groups in total. The highest BCUT2D eigenvalue weighted by atomic mass is 16.5. The third-order valence-corrected chi connectivity index (χ3v) is 3.55. The van der Waals surface area contributed by atoms with E-state index >= 15 is 0 Å². The van der Waals surface area contributed by atoms with Crippen molar-refractivity contribution in [3.8, 4) is 5.88 Å². The Balaban J connectivity index is 2.07. The summed E-state index contributed by atoms with van der Waals surface area (Å²) in [5.41, 5.74) is 5.80. The molecule has 2 unspecified atom stereocenters. The lowest BCUT2D eigenvalue weighted by molar-refractivity contribution is 0.0972. The zero-order valence-corrected chi connectivity index (χ0v) is 11.4. The maximum absolute atomic E-state index is 6.00. The average molecular weight is 249 g/mol. The molecule has 2 rings (SSSR count). The van der Waals surface area contributed by atoms with Crippen LogP contribution in [0.25, 0.3) is 0 Å². The van der Waals surface area contributed by atoms with E-state index in [4.69, 9.17) is 10.5 Å². The zero-order valence-electron chi connectivity index (χ0n) is 11.4. The number of hydrogen-bond acceptors (Lipinski definition) is 4. The monoisotopic (exact) mass is 249 g/mol. The van der Waals surface area contributed by atoms with E-state index in [1.807, 2.05) is 0 Å². The number of ether oxygens (including phenoxy) is 1. The fraction of sp³-hybridized carbons (Fsp3) is 0.714. The predicted molar refractivity (Wildman–Crippen MR) is 72.5 cm³/mol. The van der Waals surface area contributed by atoms with Gasteiger partial charge in [0.05, 0.1) is 0 Å². The van der Waals surface area contributed by atoms with Gasteiger partial charge in [-0.3, -0.25) is 0 Å². The minimum Gasteiger partial charge on any atom is -0.474 e. The fourth-order valence-electron chi connectivity index (χ4n) is 2.50. The van der Waals surface area contributed by atoms with E-state index in [2.05, 4.69) is 23.8 Å². The first-order valence-electron chi connectivity index (χ1n) is 6.99. The molecule has 1 aromatic rings. The lowest BCUT2D eigenvalue weighted by atomic mass is 9.88. The highest BCUT2D eigenvalue weighted by Gasteiger charge is 2.23. The van der Waals surface area contributed by atoms with Crippen molar-refractivity contribution in [3.63, 3.8) is 0 Å². The van der Waals surface area contributed by atoms with Crippen LogP contribution >= 0.6 is 0 Å². The van der Waals surface area contributed by atoms with Crippen LogP contribution in [0.1, 0.15) is 51.8 Å². The highest BCUT2D eigenvalue weighted by Crippen LogP contribution is 2.27. The van der Waals surface area contributed by atoms with Gasteiger partial charge in [0, 0.05) is 12.5 Å². The summed E-state index contributed by atoms with van der Waals surface area (Å²) in [6.07, 6.45) is 7.07. The van der Waals surface area contributed by atoms with Crippen molar-refractivity contribution in [3.05, 3.63) is 11.9 Å². The Bertz CT molecular complexity index is 395. The average Bonchev–Trinajstić information content (AvgIpc) is 2.32. The number of aryl methyl sites for hydroxylation is 1. The van der Waals surface area contributed by atoms with Crippen LogP contribution in [0.3, 0.4) is 0 Å². The molecule has 0 bridgehead atoms. The molecule has 1 aliphatic rings. The van der Waals surface area contributed by atoms with Crippen molar-refractivity contribution in [2.75, 3.05) is 5.73 Å². The number of hydrogen-bond donors (Lipinski definition) is 1. The number of nitrogens with two attached hydrogens (primary N) is 1. The second kappa shape index (κ2) is 6.03. The van der Waals surface area contributed by atoms with Gasteiger partial charge >= 0.3 is 0 Å². The van der Waals surface area contributed by atoms with Crippen LogP contribution in [0.5, 0.6) is 5.88 Å². The molecule has 4 nitrogen and oxygen atoms in total. The normalized spacial score (nSPS) is 23.9. The number of aromatic nitrogens is 2. The van der Waals surface area contributed by atoms with Gasteiger partial charge in [0.15, 0.2) is 0 Å². The van der Waals surface area contributed by atoms with E-state index in [-0.39, 0.29) is 6.10 Å². The van der Waals surface area contributed by atoms with Crippen molar-refractivity contribution >= 4 is 5.82 Å². The van der Waals surface area contributed by atoms with E-state index < -0.39 is 0 Å². The van der Waals surface area contributed by atoms with Gasteiger partial charge in [-0.15, -0.1) is 0 Å². The van der Waals surface area contributed by atoms with Gasteiger partial charge in [-0.05, 0) is 31.6 Å². The van der Waals surface area contributed by atoms with Crippen molar-refractivity contribution in [2.45, 2.75) is 58.5 Å². The van der Waals surface area contributed by atoms with Crippen molar-refractivity contribution in [1.29, 1.82) is 0 Å². The molecular formula is C14H23N3O. The highest BCUT2D eigenvalue weighted by molar-refractivity contribution is 5.33. The molecule has 1 fully saturated rings. The van der Waals surface area contributed by atoms with Gasteiger partial charge in [-0.25, -0.2) is 4.98 Å². The number of nitrogen functional groups attached to an aromatic ring is 1. The lowest BCUT2D eigenvalue weighted by Gasteiger charge is -2.28. The predicted octanol–water partition coefficient (Wildman–Crippen LogP) is 2.97. The van der Waals surface area contributed by atoms with Crippen LogP contribution in [0.4, 0.5) is 5.82 Å². The Morgan fingerprint density at radius 3 is 2.83 bits per heavy atom. The zero-order chi connectivity index (χ0) is 13.0. The van der Waals surface area contributed by atoms with Gasteiger partial charge in [0.1, 0.15) is 17.7 Å². The summed E-state index contributed by atoms with van der Waals surface area (Å²) in [5, 5.41) is 0. The van der Waals surface area contributed by atoms with Crippen LogP contribution in [0.15, 0.2) is 6.07 Å². The van der Waals surface area contributed by atoms with Gasteiger partial charge in [-0.1, -0.05) is 20.3 Å². The summed E-state index contributed by atoms with van der Waals surface area (Å²) in [6.45, 7) is 4.36. The van der Waals surface area contributed by atoms with Crippen molar-refractivity contribution < 1.29 is 4.74 Å². The summed E-state index contributed by atoms with van der Waals surface area (Å²) in [7, 11) is 0. The summed E-state index contributed by atoms with van der Waals surface area (Å²) >= 11 is 0. The molecule has 0 aliphatic heterocycles. The smallest absolute Gasteiger partial charge is 0.219 e. The third-order valence-electron chi connectivity index (χ3n) is 3.55. The molecule has 4 heteroatoms. The molecule has 2 atom stereocenters. The van der Waals surface area contributed by atoms with Gasteiger partial charge in [0.25, 0.3) is 0 Å². The number of nitrogens with zero attached hydrogens (tertiary/aromatic N) is 2. The topological polar surface area (TPSA) is 61.0 Å². The van der Waals surface area contributed by atoms with Gasteiger partial charge < -0.3 is 10.5 Å². The van der Waals surface area contributed by atoms with Gasteiger partial charge in [0.2, 0.25) is 5.88 Å². The van der Waals surface area contributed by atoms with Crippen LogP contribution in [0.2, 0.25) is 0 Å². The van der Waals surface area contributed by atoms with E-state index in [0.29, 0.717) is 17.6 Å². The Kier molecular flexibility index (Phi) is 4.39. The Hall–Kier alpha value is -1.32. The van der Waals surface area contributed by atoms with E-state index in [9.17, 15) is 0 Å². The van der Waals surface area contributed by atoms with Crippen LogP contribution in [-0.2, 0) is 6.42 Å². The summed E-state index contributed by atoms with van der Waals surface area (Å²) in [5.74, 6) is 2.54. The summed E-state index contributed by atoms with van der Waals surface area (Å²) in [6, 6.07) is 1.74. The van der Waals surface area contributed by atoms with Crippen LogP contribution in [-0.4, -0.2) is 16.1 Å².